The van der Waals surface area contributed by atoms with Crippen LogP contribution in [0.4, 0.5) is 0 Å². The minimum absolute atomic E-state index is 0.0124. The lowest BCUT2D eigenvalue weighted by atomic mass is 9.73. The van der Waals surface area contributed by atoms with E-state index in [-0.39, 0.29) is 23.8 Å². The Hall–Kier alpha value is -1.99. The molecule has 154 valence electrons. The van der Waals surface area contributed by atoms with Gasteiger partial charge >= 0.3 is 0 Å². The van der Waals surface area contributed by atoms with Crippen molar-refractivity contribution >= 4 is 11.8 Å². The molecule has 7 heteroatoms. The molecule has 7 nitrogen and oxygen atoms in total. The first-order chi connectivity index (χ1) is 13.6. The molecule has 1 atom stereocenters. The number of hydrogen-bond donors (Lipinski definition) is 0. The summed E-state index contributed by atoms with van der Waals surface area (Å²) in [6, 6.07) is 5.87. The van der Waals surface area contributed by atoms with Crippen molar-refractivity contribution in [2.24, 2.45) is 5.41 Å². The molecule has 28 heavy (non-hydrogen) atoms. The number of rotatable bonds is 8. The lowest BCUT2D eigenvalue weighted by molar-refractivity contribution is -0.145. The van der Waals surface area contributed by atoms with Crippen molar-refractivity contribution in [1.82, 2.24) is 14.8 Å². The second-order valence-corrected chi connectivity index (χ2v) is 7.85. The number of nitrogens with zero attached hydrogens (tertiary/aromatic N) is 3. The van der Waals surface area contributed by atoms with Crippen molar-refractivity contribution < 1.29 is 19.1 Å². The van der Waals surface area contributed by atoms with Gasteiger partial charge in [-0.1, -0.05) is 6.07 Å². The van der Waals surface area contributed by atoms with Gasteiger partial charge in [0.2, 0.25) is 11.8 Å². The minimum Gasteiger partial charge on any atom is -0.382 e. The van der Waals surface area contributed by atoms with Gasteiger partial charge in [0, 0.05) is 63.4 Å². The zero-order valence-corrected chi connectivity index (χ0v) is 16.8. The summed E-state index contributed by atoms with van der Waals surface area (Å²) < 4.78 is 10.3. The number of hydrogen-bond acceptors (Lipinski definition) is 5. The summed E-state index contributed by atoms with van der Waals surface area (Å²) in [6.45, 7) is 3.92. The topological polar surface area (TPSA) is 72.0 Å². The molecule has 2 aliphatic rings. The van der Waals surface area contributed by atoms with Gasteiger partial charge in [0.25, 0.3) is 0 Å². The predicted molar refractivity (Wildman–Crippen MR) is 105 cm³/mol. The number of piperidine rings is 2. The maximum absolute atomic E-state index is 12.5. The van der Waals surface area contributed by atoms with E-state index in [9.17, 15) is 9.59 Å². The first-order valence-electron chi connectivity index (χ1n) is 10.1. The van der Waals surface area contributed by atoms with Crippen LogP contribution in [0.25, 0.3) is 0 Å². The molecule has 0 bridgehead atoms. The molecule has 0 aliphatic carbocycles. The number of amides is 2. The Kier molecular flexibility index (Phi) is 7.39. The summed E-state index contributed by atoms with van der Waals surface area (Å²) in [5.74, 6) is 0.250. The Morgan fingerprint density at radius 3 is 2.93 bits per heavy atom. The van der Waals surface area contributed by atoms with Crippen LogP contribution < -0.4 is 0 Å². The summed E-state index contributed by atoms with van der Waals surface area (Å²) in [6.07, 6.45) is 6.02. The van der Waals surface area contributed by atoms with E-state index in [0.717, 1.165) is 44.5 Å². The van der Waals surface area contributed by atoms with Gasteiger partial charge in [-0.3, -0.25) is 14.6 Å². The van der Waals surface area contributed by atoms with E-state index >= 15 is 0 Å². The van der Waals surface area contributed by atoms with E-state index < -0.39 is 0 Å². The molecule has 1 aromatic heterocycles. The largest absolute Gasteiger partial charge is 0.382 e. The Balaban J connectivity index is 1.54. The number of methoxy groups -OCH3 is 1. The summed E-state index contributed by atoms with van der Waals surface area (Å²) in [5.41, 5.74) is 1.02. The Morgan fingerprint density at radius 1 is 1.25 bits per heavy atom. The van der Waals surface area contributed by atoms with Crippen LogP contribution in [0.5, 0.6) is 0 Å². The summed E-state index contributed by atoms with van der Waals surface area (Å²) in [7, 11) is 1.61. The summed E-state index contributed by atoms with van der Waals surface area (Å²) >= 11 is 0. The highest BCUT2D eigenvalue weighted by Gasteiger charge is 2.42. The Labute approximate surface area is 167 Å². The highest BCUT2D eigenvalue weighted by atomic mass is 16.5. The van der Waals surface area contributed by atoms with Crippen LogP contribution >= 0.6 is 0 Å². The van der Waals surface area contributed by atoms with Gasteiger partial charge in [-0.05, 0) is 31.4 Å². The highest BCUT2D eigenvalue weighted by molar-refractivity contribution is 5.78. The SMILES string of the molecule is COCCOCC(=O)N1CCC[C@@]2(CCC(=O)N(CCc3ccccn3)C2)C1. The van der Waals surface area contributed by atoms with Gasteiger partial charge in [0.1, 0.15) is 6.61 Å². The number of carbonyl (C=O) groups is 2. The van der Waals surface area contributed by atoms with Crippen molar-refractivity contribution in [2.45, 2.75) is 32.1 Å². The molecule has 3 rings (SSSR count). The molecule has 3 heterocycles. The van der Waals surface area contributed by atoms with E-state index in [1.807, 2.05) is 28.0 Å². The first kappa shape index (κ1) is 20.7. The van der Waals surface area contributed by atoms with Crippen LogP contribution in [-0.4, -0.2) is 79.7 Å². The Bertz CT molecular complexity index is 654. The van der Waals surface area contributed by atoms with Gasteiger partial charge in [-0.2, -0.15) is 0 Å². The maximum Gasteiger partial charge on any atom is 0.248 e. The molecule has 2 fully saturated rings. The molecule has 0 saturated carbocycles. The van der Waals surface area contributed by atoms with E-state index in [2.05, 4.69) is 4.98 Å². The number of likely N-dealkylation sites (tertiary alicyclic amines) is 2. The fourth-order valence-electron chi connectivity index (χ4n) is 4.25. The van der Waals surface area contributed by atoms with Gasteiger partial charge in [-0.25, -0.2) is 0 Å². The third-order valence-corrected chi connectivity index (χ3v) is 5.78. The predicted octanol–water partition coefficient (Wildman–Crippen LogP) is 1.52. The van der Waals surface area contributed by atoms with Crippen LogP contribution in [0, 0.1) is 5.41 Å². The molecule has 0 unspecified atom stereocenters. The van der Waals surface area contributed by atoms with Gasteiger partial charge in [-0.15, -0.1) is 0 Å². The smallest absolute Gasteiger partial charge is 0.248 e. The van der Waals surface area contributed by atoms with E-state index in [1.54, 1.807) is 13.3 Å². The quantitative estimate of drug-likeness (QED) is 0.631. The first-order valence-corrected chi connectivity index (χ1v) is 10.1. The zero-order chi connectivity index (χ0) is 19.8. The van der Waals surface area contributed by atoms with Crippen molar-refractivity contribution in [2.75, 3.05) is 53.1 Å². The second-order valence-electron chi connectivity index (χ2n) is 7.85. The average molecular weight is 389 g/mol. The van der Waals surface area contributed by atoms with Crippen molar-refractivity contribution in [3.05, 3.63) is 30.1 Å². The molecule has 2 amide bonds. The fourth-order valence-corrected chi connectivity index (χ4v) is 4.25. The third kappa shape index (κ3) is 5.52. The van der Waals surface area contributed by atoms with Crippen LogP contribution in [-0.2, 0) is 25.5 Å². The molecule has 1 spiro atoms. The maximum atomic E-state index is 12.5. The number of ether oxygens (including phenoxy) is 2. The number of carbonyl (C=O) groups excluding carboxylic acids is 2. The zero-order valence-electron chi connectivity index (χ0n) is 16.8. The molecular weight excluding hydrogens is 358 g/mol. The van der Waals surface area contributed by atoms with Crippen molar-refractivity contribution in [1.29, 1.82) is 0 Å². The van der Waals surface area contributed by atoms with Gasteiger partial charge < -0.3 is 19.3 Å². The van der Waals surface area contributed by atoms with Gasteiger partial charge in [0.05, 0.1) is 13.2 Å². The third-order valence-electron chi connectivity index (χ3n) is 5.78. The van der Waals surface area contributed by atoms with Gasteiger partial charge in [0.15, 0.2) is 0 Å². The summed E-state index contributed by atoms with van der Waals surface area (Å²) in [4.78, 5) is 33.2. The average Bonchev–Trinajstić information content (AvgIpc) is 2.73. The highest BCUT2D eigenvalue weighted by Crippen LogP contribution is 2.38. The number of aromatic nitrogens is 1. The van der Waals surface area contributed by atoms with Crippen LogP contribution in [0.15, 0.2) is 24.4 Å². The lowest BCUT2D eigenvalue weighted by Crippen LogP contribution is -2.55. The normalized spacial score (nSPS) is 22.7. The molecule has 0 radical (unpaired) electrons. The molecular formula is C21H31N3O4. The molecule has 0 N–H and O–H groups in total. The van der Waals surface area contributed by atoms with Crippen LogP contribution in [0.1, 0.15) is 31.4 Å². The fraction of sp³-hybridized carbons (Fsp3) is 0.667. The van der Waals surface area contributed by atoms with Crippen molar-refractivity contribution in [3.8, 4) is 0 Å². The van der Waals surface area contributed by atoms with Crippen LogP contribution in [0.3, 0.4) is 0 Å². The molecule has 2 saturated heterocycles. The van der Waals surface area contributed by atoms with E-state index in [1.165, 1.54) is 0 Å². The van der Waals surface area contributed by atoms with Crippen molar-refractivity contribution in [3.63, 3.8) is 0 Å². The van der Waals surface area contributed by atoms with E-state index in [4.69, 9.17) is 9.47 Å². The lowest BCUT2D eigenvalue weighted by Gasteiger charge is -2.48. The Morgan fingerprint density at radius 2 is 2.14 bits per heavy atom. The molecule has 1 aromatic rings. The van der Waals surface area contributed by atoms with Crippen LogP contribution in [0.2, 0.25) is 0 Å². The molecule has 2 aliphatic heterocycles. The summed E-state index contributed by atoms with van der Waals surface area (Å²) in [5, 5.41) is 0. The van der Waals surface area contributed by atoms with E-state index in [0.29, 0.717) is 32.7 Å². The molecule has 0 aromatic carbocycles. The number of pyridine rings is 1. The minimum atomic E-state index is 0.0124. The second kappa shape index (κ2) is 9.98. The standard InChI is InChI=1S/C21H31N3O4/c1-27-13-14-28-15-20(26)23-11-4-8-21(16-23)9-6-19(25)24(17-21)12-7-18-5-2-3-10-22-18/h2-3,5,10H,4,6-9,11-17H2,1H3/t21-/m1/s1. The monoisotopic (exact) mass is 389 g/mol.